The van der Waals surface area contributed by atoms with Crippen molar-refractivity contribution in [2.75, 3.05) is 0 Å². The number of hydrogen-bond acceptors (Lipinski definition) is 2. The van der Waals surface area contributed by atoms with Crippen LogP contribution in [0.4, 0.5) is 0 Å². The Balaban J connectivity index is 2.41. The predicted molar refractivity (Wildman–Crippen MR) is 56.6 cm³/mol. The number of carboxylic acid groups (broad SMARTS) is 1. The Bertz CT molecular complexity index is 282. The highest BCUT2D eigenvalue weighted by Crippen LogP contribution is 2.17. The summed E-state index contributed by atoms with van der Waals surface area (Å²) < 4.78 is 0. The fourth-order valence-corrected chi connectivity index (χ4v) is 1.77. The summed E-state index contributed by atoms with van der Waals surface area (Å²) in [4.78, 5) is 21.6. The molecule has 15 heavy (non-hydrogen) atoms. The van der Waals surface area contributed by atoms with Crippen molar-refractivity contribution >= 4 is 23.5 Å². The van der Waals surface area contributed by atoms with E-state index in [-0.39, 0.29) is 6.04 Å². The number of carboxylic acids is 1. The van der Waals surface area contributed by atoms with Crippen molar-refractivity contribution in [1.29, 1.82) is 0 Å². The van der Waals surface area contributed by atoms with Gasteiger partial charge in [0.15, 0.2) is 0 Å². The van der Waals surface area contributed by atoms with Crippen molar-refractivity contribution in [2.24, 2.45) is 0 Å². The maximum atomic E-state index is 11.3. The van der Waals surface area contributed by atoms with E-state index in [1.807, 2.05) is 0 Å². The topological polar surface area (TPSA) is 66.4 Å². The minimum atomic E-state index is -1.28. The lowest BCUT2D eigenvalue weighted by Crippen LogP contribution is -2.35. The second-order valence-electron chi connectivity index (χ2n) is 3.64. The summed E-state index contributed by atoms with van der Waals surface area (Å²) in [6.07, 6.45) is 6.27. The van der Waals surface area contributed by atoms with Gasteiger partial charge in [-0.2, -0.15) is 0 Å². The molecule has 0 saturated heterocycles. The average Bonchev–Trinajstić information content (AvgIpc) is 2.18. The van der Waals surface area contributed by atoms with Crippen LogP contribution in [0.25, 0.3) is 0 Å². The van der Waals surface area contributed by atoms with E-state index in [1.54, 1.807) is 0 Å². The van der Waals surface area contributed by atoms with Gasteiger partial charge in [0, 0.05) is 12.1 Å². The van der Waals surface area contributed by atoms with Gasteiger partial charge in [0.25, 0.3) is 0 Å². The highest BCUT2D eigenvalue weighted by molar-refractivity contribution is 6.42. The van der Waals surface area contributed by atoms with Gasteiger partial charge in [-0.25, -0.2) is 4.79 Å². The van der Waals surface area contributed by atoms with Crippen LogP contribution in [0.5, 0.6) is 0 Å². The first kappa shape index (κ1) is 12.0. The van der Waals surface area contributed by atoms with Gasteiger partial charge in [-0.05, 0) is 12.8 Å². The molecule has 0 bridgehead atoms. The Kier molecular flexibility index (Phi) is 4.62. The van der Waals surface area contributed by atoms with Gasteiger partial charge < -0.3 is 10.4 Å². The van der Waals surface area contributed by atoms with Crippen molar-refractivity contribution in [2.45, 2.75) is 38.1 Å². The van der Waals surface area contributed by atoms with Gasteiger partial charge in [0.2, 0.25) is 5.91 Å². The smallest absolute Gasteiger partial charge is 0.347 e. The number of carbonyl (C=O) groups is 2. The highest BCUT2D eigenvalue weighted by atomic mass is 35.5. The summed E-state index contributed by atoms with van der Waals surface area (Å²) in [6.45, 7) is 0. The molecule has 0 spiro atoms. The Hall–Kier alpha value is -1.03. The molecule has 0 aromatic rings. The molecule has 1 rings (SSSR count). The van der Waals surface area contributed by atoms with Crippen molar-refractivity contribution in [3.63, 3.8) is 0 Å². The quantitative estimate of drug-likeness (QED) is 0.726. The first-order valence-corrected chi connectivity index (χ1v) is 5.38. The van der Waals surface area contributed by atoms with Crippen LogP contribution in [0, 0.1) is 0 Å². The summed E-state index contributed by atoms with van der Waals surface area (Å²) in [5, 5.41) is 10.7. The van der Waals surface area contributed by atoms with E-state index < -0.39 is 16.9 Å². The third-order valence-corrected chi connectivity index (χ3v) is 2.68. The van der Waals surface area contributed by atoms with Crippen LogP contribution in [-0.2, 0) is 9.59 Å². The van der Waals surface area contributed by atoms with Crippen LogP contribution in [-0.4, -0.2) is 23.0 Å². The number of hydrogen-bond donors (Lipinski definition) is 2. The van der Waals surface area contributed by atoms with E-state index in [1.165, 1.54) is 6.42 Å². The number of halogens is 1. The maximum Gasteiger partial charge on any atom is 0.347 e. The molecule has 0 aromatic heterocycles. The van der Waals surface area contributed by atoms with E-state index in [0.717, 1.165) is 31.8 Å². The Morgan fingerprint density at radius 2 is 1.87 bits per heavy atom. The van der Waals surface area contributed by atoms with Crippen LogP contribution >= 0.6 is 11.6 Å². The summed E-state index contributed by atoms with van der Waals surface area (Å²) in [7, 11) is 0. The molecular weight excluding hydrogens is 218 g/mol. The lowest BCUT2D eigenvalue weighted by atomic mass is 9.95. The number of amides is 1. The lowest BCUT2D eigenvalue weighted by Gasteiger charge is -2.21. The van der Waals surface area contributed by atoms with Crippen molar-refractivity contribution in [1.82, 2.24) is 5.32 Å². The number of nitrogens with one attached hydrogen (secondary N) is 1. The summed E-state index contributed by atoms with van der Waals surface area (Å²) in [6, 6.07) is 0.167. The number of aliphatic carboxylic acids is 1. The van der Waals surface area contributed by atoms with E-state index in [9.17, 15) is 9.59 Å². The molecule has 4 nitrogen and oxygen atoms in total. The fraction of sp³-hybridized carbons (Fsp3) is 0.600. The molecule has 5 heteroatoms. The van der Waals surface area contributed by atoms with Crippen LogP contribution in [0.15, 0.2) is 11.1 Å². The molecule has 0 heterocycles. The molecule has 1 aliphatic rings. The minimum Gasteiger partial charge on any atom is -0.477 e. The maximum absolute atomic E-state index is 11.3. The van der Waals surface area contributed by atoms with Gasteiger partial charge in [-0.1, -0.05) is 30.9 Å². The molecule has 2 N–H and O–H groups in total. The second-order valence-corrected chi connectivity index (χ2v) is 4.05. The SMILES string of the molecule is O=C(C=C(Cl)C(=O)O)NC1CCCCC1. The highest BCUT2D eigenvalue weighted by Gasteiger charge is 2.15. The van der Waals surface area contributed by atoms with E-state index in [0.29, 0.717) is 0 Å². The molecule has 0 unspecified atom stereocenters. The zero-order chi connectivity index (χ0) is 11.3. The minimum absolute atomic E-state index is 0.167. The molecule has 84 valence electrons. The van der Waals surface area contributed by atoms with Gasteiger partial charge in [-0.15, -0.1) is 0 Å². The standard InChI is InChI=1S/C10H14ClNO3/c11-8(10(14)15)6-9(13)12-7-4-2-1-3-5-7/h6-7H,1-5H2,(H,12,13)(H,14,15). The molecule has 1 saturated carbocycles. The first-order valence-electron chi connectivity index (χ1n) is 5.00. The zero-order valence-corrected chi connectivity index (χ0v) is 9.09. The fourth-order valence-electron chi connectivity index (χ4n) is 1.67. The van der Waals surface area contributed by atoms with E-state index in [4.69, 9.17) is 16.7 Å². The molecule has 1 amide bonds. The lowest BCUT2D eigenvalue weighted by molar-refractivity contribution is -0.132. The average molecular weight is 232 g/mol. The Labute approximate surface area is 93.3 Å². The predicted octanol–water partition coefficient (Wildman–Crippen LogP) is 1.64. The molecule has 1 aliphatic carbocycles. The second kappa shape index (κ2) is 5.75. The van der Waals surface area contributed by atoms with Crippen LogP contribution < -0.4 is 5.32 Å². The van der Waals surface area contributed by atoms with Gasteiger partial charge >= 0.3 is 5.97 Å². The molecule has 0 aliphatic heterocycles. The third-order valence-electron chi connectivity index (χ3n) is 2.41. The van der Waals surface area contributed by atoms with E-state index >= 15 is 0 Å². The van der Waals surface area contributed by atoms with Crippen molar-refractivity contribution < 1.29 is 14.7 Å². The van der Waals surface area contributed by atoms with E-state index in [2.05, 4.69) is 5.32 Å². The van der Waals surface area contributed by atoms with Crippen LogP contribution in [0.1, 0.15) is 32.1 Å². The van der Waals surface area contributed by atoms with Crippen LogP contribution in [0.2, 0.25) is 0 Å². The first-order chi connectivity index (χ1) is 7.09. The number of rotatable bonds is 3. The van der Waals surface area contributed by atoms with Crippen LogP contribution in [0.3, 0.4) is 0 Å². The molecule has 0 radical (unpaired) electrons. The van der Waals surface area contributed by atoms with Crippen molar-refractivity contribution in [3.8, 4) is 0 Å². The van der Waals surface area contributed by atoms with Gasteiger partial charge in [-0.3, -0.25) is 4.79 Å². The summed E-state index contributed by atoms with van der Waals surface area (Å²) >= 11 is 5.33. The monoisotopic (exact) mass is 231 g/mol. The zero-order valence-electron chi connectivity index (χ0n) is 8.33. The molecule has 0 atom stereocenters. The Morgan fingerprint density at radius 3 is 2.40 bits per heavy atom. The summed E-state index contributed by atoms with van der Waals surface area (Å²) in [5.74, 6) is -1.70. The Morgan fingerprint density at radius 1 is 1.27 bits per heavy atom. The molecule has 0 aromatic carbocycles. The van der Waals surface area contributed by atoms with Crippen molar-refractivity contribution in [3.05, 3.63) is 11.1 Å². The third kappa shape index (κ3) is 4.34. The summed E-state index contributed by atoms with van der Waals surface area (Å²) in [5.41, 5.74) is 0. The molecular formula is C10H14ClNO3. The number of carbonyl (C=O) groups excluding carboxylic acids is 1. The van der Waals surface area contributed by atoms with Gasteiger partial charge in [0.05, 0.1) is 0 Å². The normalized spacial score (nSPS) is 18.6. The largest absolute Gasteiger partial charge is 0.477 e. The van der Waals surface area contributed by atoms with Gasteiger partial charge in [0.1, 0.15) is 5.03 Å². The molecule has 1 fully saturated rings.